The average molecular weight is 559 g/mol. The number of piperazine rings is 1. The summed E-state index contributed by atoms with van der Waals surface area (Å²) in [7, 11) is 0. The molecule has 3 fully saturated rings. The number of hydrogen-bond donors (Lipinski definition) is 1. The number of anilines is 1. The molecule has 1 aromatic heterocycles. The topological polar surface area (TPSA) is 51.7 Å². The molecule has 1 aromatic carbocycles. The Morgan fingerprint density at radius 2 is 1.68 bits per heavy atom. The van der Waals surface area contributed by atoms with Crippen LogP contribution in [0.1, 0.15) is 67.8 Å². The molecule has 6 nitrogen and oxygen atoms in total. The molecule has 1 saturated carbocycles. The van der Waals surface area contributed by atoms with E-state index in [-0.39, 0.29) is 11.4 Å². The van der Waals surface area contributed by atoms with Crippen molar-refractivity contribution >= 4 is 34.9 Å². The highest BCUT2D eigenvalue weighted by Gasteiger charge is 2.37. The lowest BCUT2D eigenvalue weighted by molar-refractivity contribution is 0.0278. The van der Waals surface area contributed by atoms with E-state index in [0.717, 1.165) is 63.2 Å². The molecule has 1 aliphatic carbocycles. The van der Waals surface area contributed by atoms with Crippen molar-refractivity contribution in [1.82, 2.24) is 20.1 Å². The lowest BCUT2D eigenvalue weighted by atomic mass is 9.87. The first-order valence-electron chi connectivity index (χ1n) is 14.3. The Hall–Kier alpha value is -1.86. The van der Waals surface area contributed by atoms with Crippen LogP contribution < -0.4 is 10.2 Å². The summed E-state index contributed by atoms with van der Waals surface area (Å²) in [6.45, 7) is 10.2. The van der Waals surface area contributed by atoms with E-state index >= 15 is 0 Å². The number of nitrogens with one attached hydrogen (secondary N) is 1. The second-order valence-corrected chi connectivity index (χ2v) is 12.5. The van der Waals surface area contributed by atoms with Gasteiger partial charge in [-0.25, -0.2) is 4.98 Å². The van der Waals surface area contributed by atoms with Gasteiger partial charge < -0.3 is 10.2 Å². The fourth-order valence-electron chi connectivity index (χ4n) is 6.33. The molecule has 2 aromatic rings. The highest BCUT2D eigenvalue weighted by Crippen LogP contribution is 2.32. The third-order valence-corrected chi connectivity index (χ3v) is 9.49. The summed E-state index contributed by atoms with van der Waals surface area (Å²) in [5.41, 5.74) is 2.09. The van der Waals surface area contributed by atoms with Crippen LogP contribution in [0.3, 0.4) is 0 Å². The Labute approximate surface area is 237 Å². The van der Waals surface area contributed by atoms with Crippen LogP contribution in [0.5, 0.6) is 0 Å². The molecule has 0 spiro atoms. The minimum Gasteiger partial charge on any atom is -0.353 e. The number of nitrogens with zero attached hydrogens (tertiary/aromatic N) is 4. The van der Waals surface area contributed by atoms with Gasteiger partial charge in [-0.2, -0.15) is 0 Å². The number of likely N-dealkylation sites (tertiary alicyclic amines) is 1. The van der Waals surface area contributed by atoms with Gasteiger partial charge in [0.05, 0.1) is 10.6 Å². The summed E-state index contributed by atoms with van der Waals surface area (Å²) in [6, 6.07) is 10.00. The Balaban J connectivity index is 1.09. The molecule has 0 bridgehead atoms. The molecule has 1 N–H and O–H groups in total. The predicted molar refractivity (Wildman–Crippen MR) is 156 cm³/mol. The van der Waals surface area contributed by atoms with E-state index in [4.69, 9.17) is 23.2 Å². The Morgan fingerprint density at radius 1 is 1.00 bits per heavy atom. The first kappa shape index (κ1) is 27.7. The van der Waals surface area contributed by atoms with Gasteiger partial charge in [0.15, 0.2) is 0 Å². The van der Waals surface area contributed by atoms with Crippen LogP contribution in [0, 0.1) is 5.92 Å². The largest absolute Gasteiger partial charge is 0.353 e. The van der Waals surface area contributed by atoms with Crippen molar-refractivity contribution in [3.05, 3.63) is 57.7 Å². The molecule has 8 heteroatoms. The van der Waals surface area contributed by atoms with Crippen molar-refractivity contribution in [2.75, 3.05) is 50.7 Å². The molecule has 1 amide bonds. The monoisotopic (exact) mass is 557 g/mol. The van der Waals surface area contributed by atoms with Gasteiger partial charge in [0, 0.05) is 69.1 Å². The predicted octanol–water partition coefficient (Wildman–Crippen LogP) is 5.88. The average Bonchev–Trinajstić information content (AvgIpc) is 2.95. The van der Waals surface area contributed by atoms with Gasteiger partial charge in [-0.3, -0.25) is 14.6 Å². The summed E-state index contributed by atoms with van der Waals surface area (Å²) in [6.07, 6.45) is 10.3. The fraction of sp³-hybridized carbons (Fsp3) is 0.600. The van der Waals surface area contributed by atoms with E-state index < -0.39 is 0 Å². The first-order valence-corrected chi connectivity index (χ1v) is 15.1. The van der Waals surface area contributed by atoms with Crippen molar-refractivity contribution in [1.29, 1.82) is 0 Å². The van der Waals surface area contributed by atoms with Gasteiger partial charge >= 0.3 is 0 Å². The van der Waals surface area contributed by atoms with E-state index in [1.807, 2.05) is 12.1 Å². The van der Waals surface area contributed by atoms with Crippen molar-refractivity contribution in [2.45, 2.75) is 64.0 Å². The van der Waals surface area contributed by atoms with Crippen LogP contribution in [-0.4, -0.2) is 72.0 Å². The maximum Gasteiger partial charge on any atom is 0.252 e. The smallest absolute Gasteiger partial charge is 0.252 e. The number of hydrogen-bond acceptors (Lipinski definition) is 5. The van der Waals surface area contributed by atoms with Crippen LogP contribution >= 0.6 is 23.2 Å². The molecule has 2 aliphatic heterocycles. The first-order chi connectivity index (χ1) is 18.4. The molecule has 5 rings (SSSR count). The molecular weight excluding hydrogens is 517 g/mol. The number of piperidine rings is 1. The third kappa shape index (κ3) is 6.82. The van der Waals surface area contributed by atoms with Crippen LogP contribution in [-0.2, 0) is 6.54 Å². The van der Waals surface area contributed by atoms with Gasteiger partial charge in [0.1, 0.15) is 5.82 Å². The Bertz CT molecular complexity index is 1070. The number of rotatable bonds is 7. The van der Waals surface area contributed by atoms with E-state index in [2.05, 4.69) is 44.1 Å². The molecule has 3 aliphatic rings. The Morgan fingerprint density at radius 3 is 2.34 bits per heavy atom. The normalized spacial score (nSPS) is 21.4. The standard InChI is InChI=1S/C30H41Cl2N5O/c1-30(11-13-35(14-12-30)22-24-7-9-26(31)10-8-24)37-17-15-36(16-18-37)28-27(32)19-25(21-33-28)29(38)34-20-23-5-3-2-4-6-23/h7-10,19,21,23H,2-6,11-18,20,22H2,1H3,(H,34,38). The second-order valence-electron chi connectivity index (χ2n) is 11.6. The number of carbonyl (C=O) groups excluding carboxylic acids is 1. The van der Waals surface area contributed by atoms with Gasteiger partial charge in [-0.15, -0.1) is 0 Å². The van der Waals surface area contributed by atoms with E-state index in [0.29, 0.717) is 16.5 Å². The number of carbonyl (C=O) groups is 1. The Kier molecular flexibility index (Phi) is 9.14. The highest BCUT2D eigenvalue weighted by molar-refractivity contribution is 6.33. The van der Waals surface area contributed by atoms with Crippen molar-refractivity contribution in [3.63, 3.8) is 0 Å². The molecule has 0 radical (unpaired) electrons. The molecule has 2 saturated heterocycles. The number of amides is 1. The van der Waals surface area contributed by atoms with Gasteiger partial charge in [0.25, 0.3) is 5.91 Å². The summed E-state index contributed by atoms with van der Waals surface area (Å²) < 4.78 is 0. The van der Waals surface area contributed by atoms with Crippen LogP contribution in [0.15, 0.2) is 36.5 Å². The minimum absolute atomic E-state index is 0.0725. The van der Waals surface area contributed by atoms with Crippen molar-refractivity contribution in [3.8, 4) is 0 Å². The maximum absolute atomic E-state index is 12.7. The van der Waals surface area contributed by atoms with E-state index in [1.54, 1.807) is 12.3 Å². The zero-order valence-corrected chi connectivity index (χ0v) is 24.1. The van der Waals surface area contributed by atoms with Crippen molar-refractivity contribution in [2.24, 2.45) is 5.92 Å². The van der Waals surface area contributed by atoms with Crippen molar-refractivity contribution < 1.29 is 4.79 Å². The molecule has 3 heterocycles. The van der Waals surface area contributed by atoms with E-state index in [1.165, 1.54) is 50.5 Å². The lowest BCUT2D eigenvalue weighted by Gasteiger charge is -2.50. The minimum atomic E-state index is -0.0725. The van der Waals surface area contributed by atoms with Gasteiger partial charge in [-0.05, 0) is 62.3 Å². The number of pyridine rings is 1. The SMILES string of the molecule is CC1(N2CCN(c3ncc(C(=O)NCC4CCCCC4)cc3Cl)CC2)CCN(Cc2ccc(Cl)cc2)CC1. The fourth-order valence-corrected chi connectivity index (χ4v) is 6.74. The zero-order chi connectivity index (χ0) is 26.5. The van der Waals surface area contributed by atoms with Crippen LogP contribution in [0.25, 0.3) is 0 Å². The van der Waals surface area contributed by atoms with Gasteiger partial charge in [0.2, 0.25) is 0 Å². The summed E-state index contributed by atoms with van der Waals surface area (Å²) in [5.74, 6) is 1.32. The number of halogens is 2. The summed E-state index contributed by atoms with van der Waals surface area (Å²) in [5, 5.41) is 4.45. The highest BCUT2D eigenvalue weighted by atomic mass is 35.5. The van der Waals surface area contributed by atoms with Crippen LogP contribution in [0.4, 0.5) is 5.82 Å². The maximum atomic E-state index is 12.7. The lowest BCUT2D eigenvalue weighted by Crippen LogP contribution is -2.59. The molecule has 0 atom stereocenters. The van der Waals surface area contributed by atoms with E-state index in [9.17, 15) is 4.79 Å². The molecular formula is C30H41Cl2N5O. The number of aromatic nitrogens is 1. The molecule has 0 unspecified atom stereocenters. The molecule has 38 heavy (non-hydrogen) atoms. The summed E-state index contributed by atoms with van der Waals surface area (Å²) >= 11 is 12.7. The van der Waals surface area contributed by atoms with Gasteiger partial charge in [-0.1, -0.05) is 54.6 Å². The number of benzene rings is 1. The quantitative estimate of drug-likeness (QED) is 0.461. The zero-order valence-electron chi connectivity index (χ0n) is 22.6. The van der Waals surface area contributed by atoms with Crippen LogP contribution in [0.2, 0.25) is 10.0 Å². The second kappa shape index (κ2) is 12.5. The summed E-state index contributed by atoms with van der Waals surface area (Å²) in [4.78, 5) is 24.8. The third-order valence-electron chi connectivity index (χ3n) is 8.96. The molecule has 206 valence electrons.